The molecule has 6 rings (SSSR count). The van der Waals surface area contributed by atoms with Gasteiger partial charge in [-0.25, -0.2) is 9.78 Å². The van der Waals surface area contributed by atoms with Crippen LogP contribution in [0.5, 0.6) is 0 Å². The summed E-state index contributed by atoms with van der Waals surface area (Å²) < 4.78 is 0. The van der Waals surface area contributed by atoms with E-state index in [4.69, 9.17) is 0 Å². The Balaban J connectivity index is 1.35. The minimum absolute atomic E-state index is 0.0475. The number of urea groups is 1. The van der Waals surface area contributed by atoms with Gasteiger partial charge in [-0.2, -0.15) is 0 Å². The first kappa shape index (κ1) is 22.1. The van der Waals surface area contributed by atoms with Crippen LogP contribution in [0.15, 0.2) is 65.8 Å². The molecule has 8 heteroatoms. The van der Waals surface area contributed by atoms with Gasteiger partial charge in [0.05, 0.1) is 17.4 Å². The summed E-state index contributed by atoms with van der Waals surface area (Å²) in [4.78, 5) is 33.1. The van der Waals surface area contributed by atoms with E-state index < -0.39 is 11.3 Å². The van der Waals surface area contributed by atoms with Gasteiger partial charge >= 0.3 is 6.03 Å². The summed E-state index contributed by atoms with van der Waals surface area (Å²) in [6, 6.07) is 17.7. The highest BCUT2D eigenvalue weighted by Gasteiger charge is 2.47. The average Bonchev–Trinajstić information content (AvgIpc) is 3.26. The van der Waals surface area contributed by atoms with Crippen LogP contribution >= 0.6 is 11.8 Å². The fourth-order valence-electron chi connectivity index (χ4n) is 5.18. The number of benzene rings is 2. The van der Waals surface area contributed by atoms with E-state index in [1.807, 2.05) is 37.3 Å². The lowest BCUT2D eigenvalue weighted by molar-refractivity contribution is -0.121. The Kier molecular flexibility index (Phi) is 5.70. The smallest absolute Gasteiger partial charge is 0.327 e. The van der Waals surface area contributed by atoms with Crippen molar-refractivity contribution in [2.45, 2.75) is 42.1 Å². The number of aryl methyl sites for hydroxylation is 1. The fraction of sp³-hybridized carbons (Fsp3) is 0.296. The highest BCUT2D eigenvalue weighted by atomic mass is 32.2. The molecule has 2 aromatic carbocycles. The standard InChI is InChI=1S/C27H27N5O2S/c1-16-9-10-18(17-6-3-2-4-7-17)14-21(16)32-20-11-13-29-26-22(20)23(31-27(32)34)24(35-26)25(33)30-19-8-5-12-28-15-19/h2-4,6-7,9-11,13-14,19,23-24,28H,5,8,12,15H2,1H3,(H,30,33)(H,31,34)/t19?,23?,24-/m1/s1. The number of rotatable bonds is 4. The number of amides is 3. The minimum atomic E-state index is -0.441. The van der Waals surface area contributed by atoms with Gasteiger partial charge < -0.3 is 16.0 Å². The molecule has 35 heavy (non-hydrogen) atoms. The number of thioether (sulfide) groups is 1. The molecule has 1 fully saturated rings. The minimum Gasteiger partial charge on any atom is -0.351 e. The number of piperidine rings is 1. The average molecular weight is 486 g/mol. The topological polar surface area (TPSA) is 86.4 Å². The van der Waals surface area contributed by atoms with Crippen molar-refractivity contribution in [1.29, 1.82) is 0 Å². The van der Waals surface area contributed by atoms with Crippen molar-refractivity contribution in [1.82, 2.24) is 20.9 Å². The molecule has 3 aliphatic rings. The van der Waals surface area contributed by atoms with Gasteiger partial charge in [0.2, 0.25) is 5.91 Å². The zero-order valence-corrected chi connectivity index (χ0v) is 20.3. The fourth-order valence-corrected chi connectivity index (χ4v) is 6.42. The van der Waals surface area contributed by atoms with Crippen molar-refractivity contribution in [2.24, 2.45) is 0 Å². The molecule has 0 saturated carbocycles. The molecule has 3 atom stereocenters. The van der Waals surface area contributed by atoms with E-state index in [0.29, 0.717) is 0 Å². The monoisotopic (exact) mass is 485 g/mol. The highest BCUT2D eigenvalue weighted by molar-refractivity contribution is 8.01. The molecule has 1 saturated heterocycles. The van der Waals surface area contributed by atoms with Gasteiger partial charge in [-0.15, -0.1) is 0 Å². The Bertz CT molecular complexity index is 1290. The van der Waals surface area contributed by atoms with E-state index in [1.165, 1.54) is 11.8 Å². The molecule has 2 unspecified atom stereocenters. The van der Waals surface area contributed by atoms with Crippen molar-refractivity contribution in [3.05, 3.63) is 71.9 Å². The molecule has 3 N–H and O–H groups in total. The summed E-state index contributed by atoms with van der Waals surface area (Å²) in [5, 5.41) is 10.0. The van der Waals surface area contributed by atoms with Crippen LogP contribution in [0.4, 0.5) is 16.2 Å². The molecule has 3 aliphatic heterocycles. The van der Waals surface area contributed by atoms with Crippen LogP contribution in [-0.2, 0) is 4.79 Å². The molecular formula is C27H27N5O2S. The van der Waals surface area contributed by atoms with Gasteiger partial charge in [-0.05, 0) is 55.1 Å². The predicted octanol–water partition coefficient (Wildman–Crippen LogP) is 4.30. The van der Waals surface area contributed by atoms with Gasteiger partial charge in [0, 0.05) is 24.3 Å². The van der Waals surface area contributed by atoms with Crippen LogP contribution in [0.3, 0.4) is 0 Å². The Hall–Kier alpha value is -3.36. The number of aromatic nitrogens is 1. The van der Waals surface area contributed by atoms with E-state index in [2.05, 4.69) is 45.2 Å². The number of hydrogen-bond donors (Lipinski definition) is 3. The molecular weight excluding hydrogens is 458 g/mol. The lowest BCUT2D eigenvalue weighted by Gasteiger charge is -2.35. The maximum absolute atomic E-state index is 13.6. The van der Waals surface area contributed by atoms with Gasteiger partial charge in [-0.3, -0.25) is 9.69 Å². The molecule has 7 nitrogen and oxygen atoms in total. The van der Waals surface area contributed by atoms with Crippen LogP contribution < -0.4 is 20.9 Å². The molecule has 0 radical (unpaired) electrons. The van der Waals surface area contributed by atoms with Crippen LogP contribution in [0.1, 0.15) is 30.0 Å². The largest absolute Gasteiger partial charge is 0.351 e. The van der Waals surface area contributed by atoms with E-state index >= 15 is 0 Å². The molecule has 0 bridgehead atoms. The summed E-state index contributed by atoms with van der Waals surface area (Å²) in [6.07, 6.45) is 3.74. The predicted molar refractivity (Wildman–Crippen MR) is 138 cm³/mol. The Labute approximate surface area is 208 Å². The number of nitrogens with zero attached hydrogens (tertiary/aromatic N) is 2. The van der Waals surface area contributed by atoms with E-state index in [9.17, 15) is 9.59 Å². The maximum Gasteiger partial charge on any atom is 0.327 e. The second-order valence-corrected chi connectivity index (χ2v) is 10.4. The van der Waals surface area contributed by atoms with Crippen molar-refractivity contribution in [2.75, 3.05) is 18.0 Å². The van der Waals surface area contributed by atoms with Crippen molar-refractivity contribution < 1.29 is 9.59 Å². The number of pyridine rings is 1. The molecule has 1 aromatic heterocycles. The van der Waals surface area contributed by atoms with Crippen molar-refractivity contribution in [3.63, 3.8) is 0 Å². The van der Waals surface area contributed by atoms with Crippen molar-refractivity contribution in [3.8, 4) is 11.1 Å². The summed E-state index contributed by atoms with van der Waals surface area (Å²) in [5.74, 6) is -0.0475. The summed E-state index contributed by atoms with van der Waals surface area (Å²) in [6.45, 7) is 3.78. The van der Waals surface area contributed by atoms with Gasteiger partial charge in [0.15, 0.2) is 0 Å². The number of anilines is 2. The number of carbonyl (C=O) groups excluding carboxylic acids is 2. The third kappa shape index (κ3) is 3.96. The third-order valence-corrected chi connectivity index (χ3v) is 8.25. The summed E-state index contributed by atoms with van der Waals surface area (Å²) in [5.41, 5.74) is 5.66. The Morgan fingerprint density at radius 3 is 2.77 bits per heavy atom. The molecule has 0 spiro atoms. The van der Waals surface area contributed by atoms with Crippen molar-refractivity contribution >= 4 is 35.1 Å². The second kappa shape index (κ2) is 9.02. The first-order valence-electron chi connectivity index (χ1n) is 12.0. The summed E-state index contributed by atoms with van der Waals surface area (Å²) in [7, 11) is 0. The quantitative estimate of drug-likeness (QED) is 0.513. The normalized spacial score (nSPS) is 22.9. The van der Waals surface area contributed by atoms with Gasteiger partial charge in [-0.1, -0.05) is 54.2 Å². The zero-order chi connectivity index (χ0) is 23.9. The number of carbonyl (C=O) groups is 2. The highest BCUT2D eigenvalue weighted by Crippen LogP contribution is 2.51. The van der Waals surface area contributed by atoms with E-state index in [-0.39, 0.29) is 18.0 Å². The molecule has 3 aromatic rings. The lowest BCUT2D eigenvalue weighted by Crippen LogP contribution is -2.52. The third-order valence-electron chi connectivity index (χ3n) is 6.96. The molecule has 3 amide bonds. The van der Waals surface area contributed by atoms with Gasteiger partial charge in [0.1, 0.15) is 10.3 Å². The first-order chi connectivity index (χ1) is 17.1. The maximum atomic E-state index is 13.6. The van der Waals surface area contributed by atoms with Crippen LogP contribution in [0, 0.1) is 6.92 Å². The number of hydrogen-bond acceptors (Lipinski definition) is 5. The summed E-state index contributed by atoms with van der Waals surface area (Å²) >= 11 is 1.44. The molecule has 0 aliphatic carbocycles. The van der Waals surface area contributed by atoms with Crippen LogP contribution in [-0.4, -0.2) is 41.3 Å². The van der Waals surface area contributed by atoms with Gasteiger partial charge in [0.25, 0.3) is 0 Å². The van der Waals surface area contributed by atoms with E-state index in [0.717, 1.165) is 64.6 Å². The molecule has 178 valence electrons. The lowest BCUT2D eigenvalue weighted by atomic mass is 9.97. The first-order valence-corrected chi connectivity index (χ1v) is 12.9. The second-order valence-electron chi connectivity index (χ2n) is 9.27. The zero-order valence-electron chi connectivity index (χ0n) is 19.5. The Morgan fingerprint density at radius 1 is 1.11 bits per heavy atom. The van der Waals surface area contributed by atoms with E-state index in [1.54, 1.807) is 11.1 Å². The van der Waals surface area contributed by atoms with Crippen LogP contribution in [0.25, 0.3) is 11.1 Å². The van der Waals surface area contributed by atoms with Crippen LogP contribution in [0.2, 0.25) is 0 Å². The number of nitrogens with one attached hydrogen (secondary N) is 3. The SMILES string of the molecule is Cc1ccc(-c2ccccc2)cc1N1C(=O)NC2c3c1ccnc3S[C@H]2C(=O)NC1CCCNC1. The molecule has 4 heterocycles. The Morgan fingerprint density at radius 2 is 1.97 bits per heavy atom.